The van der Waals surface area contributed by atoms with E-state index in [1.807, 2.05) is 58.0 Å². The molecule has 4 heteroatoms. The average Bonchev–Trinajstić information content (AvgIpc) is 2.59. The Kier molecular flexibility index (Phi) is 9.72. The lowest BCUT2D eigenvalue weighted by molar-refractivity contribution is -0.176. The van der Waals surface area contributed by atoms with Crippen molar-refractivity contribution >= 4 is 34.6 Å². The lowest BCUT2D eigenvalue weighted by Gasteiger charge is -2.41. The zero-order valence-electron chi connectivity index (χ0n) is 15.9. The van der Waals surface area contributed by atoms with Gasteiger partial charge in [0, 0.05) is 0 Å². The Hall–Kier alpha value is -0.880. The first-order valence-electron chi connectivity index (χ1n) is 8.96. The van der Waals surface area contributed by atoms with Gasteiger partial charge in [-0.05, 0) is 50.5 Å². The molecule has 0 fully saturated rings. The summed E-state index contributed by atoms with van der Waals surface area (Å²) in [4.78, 5) is 12.6. The molecule has 0 radical (unpaired) electrons. The molecular formula is C21H31IO3. The molecule has 0 heterocycles. The zero-order chi connectivity index (χ0) is 18.8. The Morgan fingerprint density at radius 2 is 1.84 bits per heavy atom. The molecule has 0 saturated carbocycles. The fourth-order valence-corrected chi connectivity index (χ4v) is 3.22. The topological polar surface area (TPSA) is 35.5 Å². The van der Waals surface area contributed by atoms with Crippen molar-refractivity contribution in [3.63, 3.8) is 0 Å². The maximum Gasteiger partial charge on any atom is 0.314 e. The van der Waals surface area contributed by atoms with Crippen LogP contribution in [0.15, 0.2) is 36.4 Å². The van der Waals surface area contributed by atoms with Gasteiger partial charge < -0.3 is 9.47 Å². The monoisotopic (exact) mass is 458 g/mol. The van der Waals surface area contributed by atoms with Gasteiger partial charge in [-0.1, -0.05) is 71.5 Å². The molecule has 1 aromatic rings. The zero-order valence-corrected chi connectivity index (χ0v) is 18.0. The van der Waals surface area contributed by atoms with Gasteiger partial charge in [0.2, 0.25) is 0 Å². The first-order chi connectivity index (χ1) is 11.9. The van der Waals surface area contributed by atoms with Gasteiger partial charge in [0.05, 0.1) is 24.2 Å². The maximum atomic E-state index is 12.6. The lowest BCUT2D eigenvalue weighted by atomic mass is 9.71. The van der Waals surface area contributed by atoms with Crippen molar-refractivity contribution < 1.29 is 14.3 Å². The second-order valence-electron chi connectivity index (χ2n) is 6.83. The van der Waals surface area contributed by atoms with Crippen LogP contribution in [0.3, 0.4) is 0 Å². The van der Waals surface area contributed by atoms with Crippen molar-refractivity contribution in [3.05, 3.63) is 42.0 Å². The van der Waals surface area contributed by atoms with Gasteiger partial charge in [0.25, 0.3) is 0 Å². The van der Waals surface area contributed by atoms with E-state index >= 15 is 0 Å². The fourth-order valence-electron chi connectivity index (χ4n) is 2.68. The highest BCUT2D eigenvalue weighted by Crippen LogP contribution is 2.40. The van der Waals surface area contributed by atoms with Crippen LogP contribution in [0.4, 0.5) is 0 Å². The largest absolute Gasteiger partial charge is 0.465 e. The lowest BCUT2D eigenvalue weighted by Crippen LogP contribution is -2.50. The number of ether oxygens (including phenoxy) is 2. The fraction of sp³-hybridized carbons (Fsp3) is 0.571. The first kappa shape index (κ1) is 22.2. The summed E-state index contributed by atoms with van der Waals surface area (Å²) in [6.07, 6.45) is 6.88. The Labute approximate surface area is 166 Å². The normalized spacial score (nSPS) is 14.4. The summed E-state index contributed by atoms with van der Waals surface area (Å²) >= 11 is 2.37. The SMILES string of the molecule is CCOC(=O)C(C)(CCCCI)C(C)(C)OC/C=C\c1ccccc1. The van der Waals surface area contributed by atoms with Gasteiger partial charge >= 0.3 is 5.97 Å². The van der Waals surface area contributed by atoms with Crippen LogP contribution in [-0.2, 0) is 14.3 Å². The number of hydrogen-bond acceptors (Lipinski definition) is 3. The number of hydrogen-bond donors (Lipinski definition) is 0. The van der Waals surface area contributed by atoms with Crippen molar-refractivity contribution in [2.45, 2.75) is 52.6 Å². The third-order valence-electron chi connectivity index (χ3n) is 4.77. The molecule has 25 heavy (non-hydrogen) atoms. The average molecular weight is 458 g/mol. The van der Waals surface area contributed by atoms with E-state index in [2.05, 4.69) is 34.7 Å². The first-order valence-corrected chi connectivity index (χ1v) is 10.5. The summed E-state index contributed by atoms with van der Waals surface area (Å²) in [6, 6.07) is 10.1. The van der Waals surface area contributed by atoms with Crippen molar-refractivity contribution in [2.75, 3.05) is 17.6 Å². The molecule has 0 aliphatic heterocycles. The standard InChI is InChI=1S/C21H31IO3/c1-5-24-19(23)21(4,15-9-10-16-22)20(2,3)25-17-11-14-18-12-7-6-8-13-18/h6-8,11-14H,5,9-10,15-17H2,1-4H3/b14-11-. The molecule has 140 valence electrons. The highest BCUT2D eigenvalue weighted by Gasteiger charge is 2.48. The van der Waals surface area contributed by atoms with E-state index in [-0.39, 0.29) is 5.97 Å². The molecule has 0 aromatic heterocycles. The minimum Gasteiger partial charge on any atom is -0.465 e. The van der Waals surface area contributed by atoms with Gasteiger partial charge in [-0.15, -0.1) is 0 Å². The van der Waals surface area contributed by atoms with Crippen molar-refractivity contribution in [1.29, 1.82) is 0 Å². The van der Waals surface area contributed by atoms with E-state index in [1.165, 1.54) is 0 Å². The third kappa shape index (κ3) is 6.74. The predicted molar refractivity (Wildman–Crippen MR) is 113 cm³/mol. The summed E-state index contributed by atoms with van der Waals surface area (Å²) in [7, 11) is 0. The van der Waals surface area contributed by atoms with Crippen LogP contribution in [0, 0.1) is 5.41 Å². The number of carbonyl (C=O) groups is 1. The molecule has 1 unspecified atom stereocenters. The molecule has 1 atom stereocenters. The second-order valence-corrected chi connectivity index (χ2v) is 7.91. The van der Waals surface area contributed by atoms with E-state index in [4.69, 9.17) is 9.47 Å². The van der Waals surface area contributed by atoms with Crippen LogP contribution in [0.2, 0.25) is 0 Å². The molecule has 0 bridgehead atoms. The minimum absolute atomic E-state index is 0.166. The number of carbonyl (C=O) groups excluding carboxylic acids is 1. The van der Waals surface area contributed by atoms with Gasteiger partial charge in [-0.2, -0.15) is 0 Å². The third-order valence-corrected chi connectivity index (χ3v) is 5.53. The van der Waals surface area contributed by atoms with E-state index < -0.39 is 11.0 Å². The van der Waals surface area contributed by atoms with Crippen LogP contribution >= 0.6 is 22.6 Å². The molecule has 3 nitrogen and oxygen atoms in total. The van der Waals surface area contributed by atoms with Gasteiger partial charge in [0.1, 0.15) is 0 Å². The van der Waals surface area contributed by atoms with Gasteiger partial charge in [0.15, 0.2) is 0 Å². The molecule has 0 N–H and O–H groups in total. The molecule has 0 aliphatic rings. The molecule has 0 amide bonds. The van der Waals surface area contributed by atoms with Crippen LogP contribution < -0.4 is 0 Å². The van der Waals surface area contributed by atoms with E-state index in [1.54, 1.807) is 0 Å². The number of alkyl halides is 1. The second kappa shape index (κ2) is 11.0. The summed E-state index contributed by atoms with van der Waals surface area (Å²) in [5.74, 6) is -0.166. The Morgan fingerprint density at radius 3 is 2.44 bits per heavy atom. The molecule has 0 spiro atoms. The smallest absolute Gasteiger partial charge is 0.314 e. The highest BCUT2D eigenvalue weighted by atomic mass is 127. The molecule has 0 aliphatic carbocycles. The predicted octanol–water partition coefficient (Wildman–Crippen LogP) is 5.67. The van der Waals surface area contributed by atoms with Crippen LogP contribution in [-0.4, -0.2) is 29.2 Å². The summed E-state index contributed by atoms with van der Waals surface area (Å²) < 4.78 is 12.6. The Bertz CT molecular complexity index is 539. The van der Waals surface area contributed by atoms with Crippen molar-refractivity contribution in [2.24, 2.45) is 5.41 Å². The van der Waals surface area contributed by atoms with E-state index in [9.17, 15) is 4.79 Å². The van der Waals surface area contributed by atoms with E-state index in [0.717, 1.165) is 29.3 Å². The summed E-state index contributed by atoms with van der Waals surface area (Å²) in [5, 5.41) is 0. The molecule has 1 aromatic carbocycles. The van der Waals surface area contributed by atoms with Gasteiger partial charge in [-0.3, -0.25) is 4.79 Å². The van der Waals surface area contributed by atoms with Crippen LogP contribution in [0.25, 0.3) is 6.08 Å². The number of rotatable bonds is 11. The molecule has 0 saturated heterocycles. The Morgan fingerprint density at radius 1 is 1.16 bits per heavy atom. The number of halogens is 1. The Balaban J connectivity index is 2.76. The number of unbranched alkanes of at least 4 members (excludes halogenated alkanes) is 1. The minimum atomic E-state index is -0.657. The van der Waals surface area contributed by atoms with Crippen molar-refractivity contribution in [3.8, 4) is 0 Å². The maximum absolute atomic E-state index is 12.6. The quantitative estimate of drug-likeness (QED) is 0.186. The molecule has 1 rings (SSSR count). The van der Waals surface area contributed by atoms with E-state index in [0.29, 0.717) is 13.2 Å². The highest BCUT2D eigenvalue weighted by molar-refractivity contribution is 14.1. The summed E-state index contributed by atoms with van der Waals surface area (Å²) in [6.45, 7) is 8.65. The van der Waals surface area contributed by atoms with Crippen LogP contribution in [0.5, 0.6) is 0 Å². The number of benzene rings is 1. The van der Waals surface area contributed by atoms with Crippen LogP contribution in [0.1, 0.15) is 52.5 Å². The van der Waals surface area contributed by atoms with Gasteiger partial charge in [-0.25, -0.2) is 0 Å². The molecular weight excluding hydrogens is 427 g/mol. The summed E-state index contributed by atoms with van der Waals surface area (Å²) in [5.41, 5.74) is -0.125. The number of esters is 1. The van der Waals surface area contributed by atoms with Crippen molar-refractivity contribution in [1.82, 2.24) is 0 Å².